The first-order valence-electron chi connectivity index (χ1n) is 13.9. The molecule has 0 atom stereocenters. The quantitative estimate of drug-likeness (QED) is 0.184. The van der Waals surface area contributed by atoms with Gasteiger partial charge in [0.2, 0.25) is 0 Å². The number of nitrogens with zero attached hydrogens (tertiary/aromatic N) is 1. The van der Waals surface area contributed by atoms with Crippen LogP contribution in [0.4, 0.5) is 0 Å². The molecule has 0 unspecified atom stereocenters. The van der Waals surface area contributed by atoms with Crippen molar-refractivity contribution in [2.45, 2.75) is 6.92 Å². The lowest BCUT2D eigenvalue weighted by Gasteiger charge is -2.08. The van der Waals surface area contributed by atoms with Crippen LogP contribution in [0, 0.1) is 0 Å². The fourth-order valence-corrected chi connectivity index (χ4v) is 7.18. The van der Waals surface area contributed by atoms with Crippen molar-refractivity contribution in [1.82, 2.24) is 4.57 Å². The molecule has 0 fully saturated rings. The molecule has 0 aliphatic rings. The van der Waals surface area contributed by atoms with Crippen LogP contribution in [0.25, 0.3) is 64.7 Å². The molecule has 0 radical (unpaired) electrons. The first-order chi connectivity index (χ1) is 20.3. The van der Waals surface area contributed by atoms with Gasteiger partial charge < -0.3 is 4.57 Å². The van der Waals surface area contributed by atoms with Gasteiger partial charge >= 0.3 is 0 Å². The zero-order valence-electron chi connectivity index (χ0n) is 22.9. The summed E-state index contributed by atoms with van der Waals surface area (Å²) in [6.45, 7) is 6.04. The number of fused-ring (bicyclic) bond motifs is 4. The van der Waals surface area contributed by atoms with Crippen molar-refractivity contribution in [2.24, 2.45) is 0 Å². The van der Waals surface area contributed by atoms with Crippen LogP contribution in [0.3, 0.4) is 0 Å². The number of benzene rings is 5. The molecule has 2 heterocycles. The Kier molecular flexibility index (Phi) is 6.47. The molecule has 0 saturated carbocycles. The second kappa shape index (κ2) is 10.6. The van der Waals surface area contributed by atoms with Crippen molar-refractivity contribution in [3.8, 4) is 26.6 Å². The molecule has 0 aliphatic heterocycles. The Bertz CT molecular complexity index is 2100. The highest BCUT2D eigenvalue weighted by atomic mass is 32.1. The SMILES string of the molecule is C=C/C(=C\C=C/C)c1ccc(-c2sc(-c3cccc4c3c3ccccc3n4-c3ccccc3)c3ccccc23)cc1. The minimum Gasteiger partial charge on any atom is -0.309 e. The predicted molar refractivity (Wildman–Crippen MR) is 180 cm³/mol. The lowest BCUT2D eigenvalue weighted by Crippen LogP contribution is -1.92. The third kappa shape index (κ3) is 4.25. The van der Waals surface area contributed by atoms with Crippen LogP contribution in [0.1, 0.15) is 12.5 Å². The van der Waals surface area contributed by atoms with E-state index in [0.717, 1.165) is 5.57 Å². The average Bonchev–Trinajstić information content (AvgIpc) is 3.59. The Hall–Kier alpha value is -4.92. The first-order valence-corrected chi connectivity index (χ1v) is 14.8. The van der Waals surface area contributed by atoms with Gasteiger partial charge in [0, 0.05) is 42.6 Å². The summed E-state index contributed by atoms with van der Waals surface area (Å²) in [4.78, 5) is 2.60. The Labute approximate surface area is 244 Å². The lowest BCUT2D eigenvalue weighted by molar-refractivity contribution is 1.18. The van der Waals surface area contributed by atoms with Gasteiger partial charge in [-0.05, 0) is 47.9 Å². The molecule has 7 aromatic rings. The topological polar surface area (TPSA) is 4.93 Å². The Morgan fingerprint density at radius 1 is 0.659 bits per heavy atom. The maximum atomic E-state index is 4.01. The summed E-state index contributed by atoms with van der Waals surface area (Å²) in [7, 11) is 0. The molecule has 2 aromatic heterocycles. The molecule has 7 rings (SSSR count). The van der Waals surface area contributed by atoms with E-state index >= 15 is 0 Å². The van der Waals surface area contributed by atoms with Gasteiger partial charge in [-0.2, -0.15) is 0 Å². The third-order valence-electron chi connectivity index (χ3n) is 7.75. The summed E-state index contributed by atoms with van der Waals surface area (Å²) in [6.07, 6.45) is 8.11. The molecule has 1 nitrogen and oxygen atoms in total. The van der Waals surface area contributed by atoms with Crippen molar-refractivity contribution in [2.75, 3.05) is 0 Å². The first kappa shape index (κ1) is 25.1. The predicted octanol–water partition coefficient (Wildman–Crippen LogP) is 11.5. The second-order valence-corrected chi connectivity index (χ2v) is 11.1. The van der Waals surface area contributed by atoms with E-state index in [1.54, 1.807) is 0 Å². The van der Waals surface area contributed by atoms with E-state index in [2.05, 4.69) is 145 Å². The van der Waals surface area contributed by atoms with Crippen molar-refractivity contribution in [3.63, 3.8) is 0 Å². The fraction of sp³-hybridized carbons (Fsp3) is 0.0256. The molecule has 5 aromatic carbocycles. The molecule has 0 saturated heterocycles. The smallest absolute Gasteiger partial charge is 0.0547 e. The summed E-state index contributed by atoms with van der Waals surface area (Å²) in [5.41, 5.74) is 8.42. The number of aromatic nitrogens is 1. The summed E-state index contributed by atoms with van der Waals surface area (Å²) < 4.78 is 2.39. The normalized spacial score (nSPS) is 12.2. The number of allylic oxidation sites excluding steroid dienone is 5. The van der Waals surface area contributed by atoms with Gasteiger partial charge in [0.15, 0.2) is 0 Å². The zero-order valence-corrected chi connectivity index (χ0v) is 23.7. The van der Waals surface area contributed by atoms with Crippen molar-refractivity contribution < 1.29 is 0 Å². The standard InChI is InChI=1S/C39H29NS/c1-3-5-14-27(4-2)28-23-25-29(26-24-28)38-31-17-9-10-18-32(31)39(41-38)34-20-13-22-36-37(34)33-19-11-12-21-35(33)40(36)30-15-7-6-8-16-30/h3-26H,2H2,1H3/b5-3-,27-14+. The van der Waals surface area contributed by atoms with E-state index in [1.807, 2.05) is 30.4 Å². The van der Waals surface area contributed by atoms with Gasteiger partial charge in [0.25, 0.3) is 0 Å². The molecule has 0 bridgehead atoms. The molecule has 196 valence electrons. The van der Waals surface area contributed by atoms with E-state index in [4.69, 9.17) is 0 Å². The number of hydrogen-bond acceptors (Lipinski definition) is 1. The Balaban J connectivity index is 1.45. The highest BCUT2D eigenvalue weighted by Crippen LogP contribution is 2.47. The van der Waals surface area contributed by atoms with Gasteiger partial charge in [0.1, 0.15) is 0 Å². The fourth-order valence-electron chi connectivity index (χ4n) is 5.87. The molecule has 0 amide bonds. The van der Waals surface area contributed by atoms with Gasteiger partial charge in [-0.3, -0.25) is 0 Å². The van der Waals surface area contributed by atoms with Crippen LogP contribution >= 0.6 is 11.3 Å². The Morgan fingerprint density at radius 3 is 2.05 bits per heavy atom. The number of hydrogen-bond donors (Lipinski definition) is 0. The van der Waals surface area contributed by atoms with E-state index < -0.39 is 0 Å². The highest BCUT2D eigenvalue weighted by Gasteiger charge is 2.20. The Morgan fingerprint density at radius 2 is 1.32 bits per heavy atom. The van der Waals surface area contributed by atoms with Crippen molar-refractivity contribution in [3.05, 3.63) is 158 Å². The third-order valence-corrected chi connectivity index (χ3v) is 9.05. The largest absolute Gasteiger partial charge is 0.309 e. The minimum atomic E-state index is 1.12. The van der Waals surface area contributed by atoms with E-state index in [9.17, 15) is 0 Å². The summed E-state index contributed by atoms with van der Waals surface area (Å²) in [5.74, 6) is 0. The van der Waals surface area contributed by atoms with Crippen LogP contribution in [0.15, 0.2) is 152 Å². The van der Waals surface area contributed by atoms with Crippen molar-refractivity contribution in [1.29, 1.82) is 0 Å². The lowest BCUT2D eigenvalue weighted by atomic mass is 9.99. The van der Waals surface area contributed by atoms with Crippen molar-refractivity contribution >= 4 is 49.5 Å². The summed E-state index contributed by atoms with van der Waals surface area (Å²) in [6, 6.07) is 43.9. The van der Waals surface area contributed by atoms with E-state index in [0.29, 0.717) is 0 Å². The van der Waals surface area contributed by atoms with Gasteiger partial charge in [0.05, 0.1) is 11.0 Å². The molecule has 2 heteroatoms. The monoisotopic (exact) mass is 543 g/mol. The summed E-state index contributed by atoms with van der Waals surface area (Å²) >= 11 is 1.89. The maximum absolute atomic E-state index is 4.01. The number of thiophene rings is 1. The van der Waals surface area contributed by atoms with Crippen LogP contribution in [0.2, 0.25) is 0 Å². The number of rotatable bonds is 6. The highest BCUT2D eigenvalue weighted by molar-refractivity contribution is 7.21. The van der Waals surface area contributed by atoms with Crippen LogP contribution < -0.4 is 0 Å². The van der Waals surface area contributed by atoms with Gasteiger partial charge in [-0.1, -0.05) is 128 Å². The van der Waals surface area contributed by atoms with Crippen LogP contribution in [-0.4, -0.2) is 4.57 Å². The second-order valence-electron chi connectivity index (χ2n) is 10.1. The number of para-hydroxylation sites is 2. The molecule has 0 spiro atoms. The van der Waals surface area contributed by atoms with Gasteiger partial charge in [-0.15, -0.1) is 11.3 Å². The molecular weight excluding hydrogens is 515 g/mol. The van der Waals surface area contributed by atoms with Crippen LogP contribution in [-0.2, 0) is 0 Å². The average molecular weight is 544 g/mol. The zero-order chi connectivity index (χ0) is 27.8. The molecule has 0 aliphatic carbocycles. The molecule has 41 heavy (non-hydrogen) atoms. The van der Waals surface area contributed by atoms with Gasteiger partial charge in [-0.25, -0.2) is 0 Å². The minimum absolute atomic E-state index is 1.12. The van der Waals surface area contributed by atoms with E-state index in [-0.39, 0.29) is 0 Å². The molecule has 0 N–H and O–H groups in total. The summed E-state index contributed by atoms with van der Waals surface area (Å²) in [5, 5.41) is 5.15. The molecular formula is C39H29NS. The van der Waals surface area contributed by atoms with E-state index in [1.165, 1.54) is 64.7 Å². The van der Waals surface area contributed by atoms with Crippen LogP contribution in [0.5, 0.6) is 0 Å². The maximum Gasteiger partial charge on any atom is 0.0547 e.